The van der Waals surface area contributed by atoms with E-state index in [1.807, 2.05) is 0 Å². The molecule has 0 fully saturated rings. The highest BCUT2D eigenvalue weighted by molar-refractivity contribution is 6.24. The molecule has 0 aliphatic rings. The first-order valence-electron chi connectivity index (χ1n) is 14.3. The van der Waals surface area contributed by atoms with Crippen molar-refractivity contribution < 1.29 is 0 Å². The number of nitrogens with zero attached hydrogens (tertiary/aromatic N) is 2. The minimum atomic E-state index is -0.0912. The molecule has 0 unspecified atom stereocenters. The summed E-state index contributed by atoms with van der Waals surface area (Å²) in [5.74, 6) is 0. The van der Waals surface area contributed by atoms with Gasteiger partial charge in [0, 0.05) is 32.8 Å². The van der Waals surface area contributed by atoms with Crippen molar-refractivity contribution in [2.75, 3.05) is 0 Å². The van der Waals surface area contributed by atoms with E-state index >= 15 is 0 Å². The van der Waals surface area contributed by atoms with Gasteiger partial charge in [-0.3, -0.25) is 0 Å². The molecule has 196 valence electrons. The first kappa shape index (κ1) is 23.9. The quantitative estimate of drug-likeness (QED) is 0.205. The van der Waals surface area contributed by atoms with Crippen molar-refractivity contribution in [3.8, 4) is 16.9 Å². The lowest BCUT2D eigenvalue weighted by atomic mass is 9.82. The first-order valence-corrected chi connectivity index (χ1v) is 14.3. The number of aromatic nitrogens is 2. The van der Waals surface area contributed by atoms with Gasteiger partial charge in [0.05, 0.1) is 22.2 Å². The number of pyridine rings is 1. The van der Waals surface area contributed by atoms with E-state index in [4.69, 9.17) is 4.98 Å². The fourth-order valence-electron chi connectivity index (χ4n) is 6.59. The molecule has 6 aromatic carbocycles. The second kappa shape index (κ2) is 8.78. The Balaban J connectivity index is 1.45. The molecule has 0 spiro atoms. The third kappa shape index (κ3) is 3.61. The molecule has 0 aliphatic heterocycles. The van der Waals surface area contributed by atoms with E-state index in [9.17, 15) is 0 Å². The number of benzene rings is 6. The average Bonchev–Trinajstić information content (AvgIpc) is 3.35. The van der Waals surface area contributed by atoms with Crippen molar-refractivity contribution >= 4 is 54.3 Å². The molecule has 2 nitrogen and oxygen atoms in total. The van der Waals surface area contributed by atoms with E-state index in [2.05, 4.69) is 153 Å². The second-order valence-electron chi connectivity index (χ2n) is 12.0. The highest BCUT2D eigenvalue weighted by Crippen LogP contribution is 2.41. The third-order valence-corrected chi connectivity index (χ3v) is 8.48. The van der Waals surface area contributed by atoms with Crippen LogP contribution in [0.5, 0.6) is 0 Å². The molecule has 0 radical (unpaired) electrons. The highest BCUT2D eigenvalue weighted by atomic mass is 15.0. The summed E-state index contributed by atoms with van der Waals surface area (Å²) in [6.45, 7) is 6.87. The van der Waals surface area contributed by atoms with Gasteiger partial charge in [0.15, 0.2) is 0 Å². The smallest absolute Gasteiger partial charge is 0.0794 e. The van der Waals surface area contributed by atoms with Gasteiger partial charge in [0.25, 0.3) is 0 Å². The zero-order chi connectivity index (χ0) is 27.7. The Bertz CT molecular complexity index is 2240. The van der Waals surface area contributed by atoms with Gasteiger partial charge in [-0.2, -0.15) is 0 Å². The SMILES string of the molecule is CC(C)(C)c1cc2c3ccccc3c3ccccc3c2nc1-c1cccc(-n2c3ccccc3c3ccccc32)c1. The Hall–Kier alpha value is -4.95. The van der Waals surface area contributed by atoms with E-state index < -0.39 is 0 Å². The third-order valence-electron chi connectivity index (χ3n) is 8.48. The van der Waals surface area contributed by atoms with Crippen LogP contribution in [0.1, 0.15) is 26.3 Å². The average molecular weight is 527 g/mol. The number of hydrogen-bond donors (Lipinski definition) is 0. The van der Waals surface area contributed by atoms with Crippen molar-refractivity contribution in [2.45, 2.75) is 26.2 Å². The van der Waals surface area contributed by atoms with Crippen molar-refractivity contribution in [3.05, 3.63) is 133 Å². The van der Waals surface area contributed by atoms with Crippen LogP contribution >= 0.6 is 0 Å². The summed E-state index contributed by atoms with van der Waals surface area (Å²) in [5.41, 5.74) is 7.98. The molecular formula is C39H30N2. The predicted molar refractivity (Wildman–Crippen MR) is 175 cm³/mol. The minimum Gasteiger partial charge on any atom is -0.309 e. The molecule has 0 saturated carbocycles. The van der Waals surface area contributed by atoms with Gasteiger partial charge in [-0.1, -0.05) is 118 Å². The maximum Gasteiger partial charge on any atom is 0.0794 e. The van der Waals surface area contributed by atoms with Gasteiger partial charge in [-0.15, -0.1) is 0 Å². The zero-order valence-corrected chi connectivity index (χ0v) is 23.5. The van der Waals surface area contributed by atoms with Crippen molar-refractivity contribution in [3.63, 3.8) is 0 Å². The van der Waals surface area contributed by atoms with Crippen LogP contribution in [0.25, 0.3) is 71.2 Å². The molecule has 2 heterocycles. The maximum atomic E-state index is 5.53. The monoisotopic (exact) mass is 526 g/mol. The Morgan fingerprint density at radius 3 is 1.61 bits per heavy atom. The van der Waals surface area contributed by atoms with Crippen LogP contribution in [0.2, 0.25) is 0 Å². The summed E-state index contributed by atoms with van der Waals surface area (Å²) < 4.78 is 2.38. The molecule has 0 N–H and O–H groups in total. The van der Waals surface area contributed by atoms with Crippen molar-refractivity contribution in [2.24, 2.45) is 0 Å². The van der Waals surface area contributed by atoms with Gasteiger partial charge in [-0.25, -0.2) is 4.98 Å². The molecule has 0 bridgehead atoms. The summed E-state index contributed by atoms with van der Waals surface area (Å²) >= 11 is 0. The first-order chi connectivity index (χ1) is 20.0. The fourth-order valence-corrected chi connectivity index (χ4v) is 6.59. The number of fused-ring (bicyclic) bond motifs is 9. The normalized spacial score (nSPS) is 12.3. The second-order valence-corrected chi connectivity index (χ2v) is 12.0. The van der Waals surface area contributed by atoms with Crippen LogP contribution in [0, 0.1) is 0 Å². The predicted octanol–water partition coefficient (Wildman–Crippen LogP) is 10.6. The zero-order valence-electron chi connectivity index (χ0n) is 23.5. The summed E-state index contributed by atoms with van der Waals surface area (Å²) in [6.07, 6.45) is 0. The molecule has 0 aliphatic carbocycles. The minimum absolute atomic E-state index is 0.0912. The van der Waals surface area contributed by atoms with Gasteiger partial charge in [0.1, 0.15) is 0 Å². The number of para-hydroxylation sites is 2. The Labute approximate surface area is 239 Å². The van der Waals surface area contributed by atoms with Gasteiger partial charge in [-0.05, 0) is 57.5 Å². The summed E-state index contributed by atoms with van der Waals surface area (Å²) in [4.78, 5) is 5.53. The Morgan fingerprint density at radius 2 is 1.00 bits per heavy atom. The van der Waals surface area contributed by atoms with E-state index in [0.717, 1.165) is 22.5 Å². The lowest BCUT2D eigenvalue weighted by Gasteiger charge is -2.24. The molecule has 8 rings (SSSR count). The van der Waals surface area contributed by atoms with E-state index in [-0.39, 0.29) is 5.41 Å². The van der Waals surface area contributed by atoms with Crippen LogP contribution < -0.4 is 0 Å². The molecular weight excluding hydrogens is 496 g/mol. The van der Waals surface area contributed by atoms with Crippen LogP contribution in [-0.4, -0.2) is 9.55 Å². The summed E-state index contributed by atoms with van der Waals surface area (Å²) in [6, 6.07) is 46.1. The topological polar surface area (TPSA) is 17.8 Å². The van der Waals surface area contributed by atoms with Gasteiger partial charge >= 0.3 is 0 Å². The van der Waals surface area contributed by atoms with Crippen LogP contribution in [0.4, 0.5) is 0 Å². The number of hydrogen-bond acceptors (Lipinski definition) is 1. The van der Waals surface area contributed by atoms with Crippen molar-refractivity contribution in [1.29, 1.82) is 0 Å². The largest absolute Gasteiger partial charge is 0.309 e. The van der Waals surface area contributed by atoms with Crippen LogP contribution in [0.15, 0.2) is 127 Å². The summed E-state index contributed by atoms with van der Waals surface area (Å²) in [7, 11) is 0. The molecule has 2 heteroatoms. The van der Waals surface area contributed by atoms with Gasteiger partial charge < -0.3 is 4.57 Å². The molecule has 0 saturated heterocycles. The molecule has 2 aromatic heterocycles. The van der Waals surface area contributed by atoms with Crippen molar-refractivity contribution in [1.82, 2.24) is 9.55 Å². The van der Waals surface area contributed by atoms with Gasteiger partial charge in [0.2, 0.25) is 0 Å². The summed E-state index contributed by atoms with van der Waals surface area (Å²) in [5, 5.41) is 8.73. The molecule has 0 atom stereocenters. The molecule has 41 heavy (non-hydrogen) atoms. The van der Waals surface area contributed by atoms with Crippen LogP contribution in [0.3, 0.4) is 0 Å². The molecule has 8 aromatic rings. The lowest BCUT2D eigenvalue weighted by molar-refractivity contribution is 0.591. The lowest BCUT2D eigenvalue weighted by Crippen LogP contribution is -2.14. The Kier molecular flexibility index (Phi) is 5.11. The van der Waals surface area contributed by atoms with Crippen LogP contribution in [-0.2, 0) is 5.41 Å². The standard InChI is InChI=1S/C39H30N2/c1-39(2,3)34-24-33-29-17-5-4-15-27(29)28-16-6-7-20-32(28)38(33)40-37(34)25-13-12-14-26(23-25)41-35-21-10-8-18-30(35)31-19-9-11-22-36(31)41/h4-24H,1-3H3. The van der Waals surface area contributed by atoms with E-state index in [0.29, 0.717) is 0 Å². The highest BCUT2D eigenvalue weighted by Gasteiger charge is 2.23. The number of rotatable bonds is 2. The fraction of sp³-hybridized carbons (Fsp3) is 0.103. The molecule has 0 amide bonds. The Morgan fingerprint density at radius 1 is 0.488 bits per heavy atom. The van der Waals surface area contributed by atoms with E-state index in [1.165, 1.54) is 54.3 Å². The maximum absolute atomic E-state index is 5.53. The van der Waals surface area contributed by atoms with E-state index in [1.54, 1.807) is 0 Å².